The summed E-state index contributed by atoms with van der Waals surface area (Å²) < 4.78 is 22.1. The second kappa shape index (κ2) is 6.01. The molecular weight excluding hydrogens is 222 g/mol. The Morgan fingerprint density at radius 1 is 1.38 bits per heavy atom. The lowest BCUT2D eigenvalue weighted by Gasteiger charge is -2.23. The fourth-order valence-corrected chi connectivity index (χ4v) is 3.49. The van der Waals surface area contributed by atoms with Crippen molar-refractivity contribution in [1.29, 1.82) is 0 Å². The van der Waals surface area contributed by atoms with Gasteiger partial charge in [-0.05, 0) is 44.6 Å². The normalized spacial score (nSPS) is 28.2. The molecule has 16 heavy (non-hydrogen) atoms. The van der Waals surface area contributed by atoms with Gasteiger partial charge in [0.15, 0.2) is 0 Å². The van der Waals surface area contributed by atoms with E-state index in [2.05, 4.69) is 12.2 Å². The minimum Gasteiger partial charge on any atom is -0.317 e. The van der Waals surface area contributed by atoms with Crippen molar-refractivity contribution in [3.63, 3.8) is 0 Å². The smallest absolute Gasteiger partial charge is 0.147 e. The summed E-state index contributed by atoms with van der Waals surface area (Å²) in [5, 5.41) is 3.36. The summed E-state index contributed by atoms with van der Waals surface area (Å²) in [5.41, 5.74) is 0. The minimum absolute atomic E-state index is 0.327. The zero-order valence-corrected chi connectivity index (χ0v) is 11.5. The molecular formula is C12H25NO2S. The second-order valence-electron chi connectivity index (χ2n) is 5.35. The Bertz CT molecular complexity index is 300. The van der Waals surface area contributed by atoms with Gasteiger partial charge in [-0.3, -0.25) is 0 Å². The third kappa shape index (κ3) is 4.83. The summed E-state index contributed by atoms with van der Waals surface area (Å²) in [6.45, 7) is 2.31. The monoisotopic (exact) mass is 247 g/mol. The molecule has 0 bridgehead atoms. The molecule has 0 radical (unpaired) electrons. The molecule has 4 heteroatoms. The Labute approximate surface area is 99.9 Å². The predicted octanol–water partition coefficient (Wildman–Crippen LogP) is 1.84. The van der Waals surface area contributed by atoms with Gasteiger partial charge in [0.2, 0.25) is 0 Å². The van der Waals surface area contributed by atoms with Gasteiger partial charge >= 0.3 is 0 Å². The Kier molecular flexibility index (Phi) is 5.25. The van der Waals surface area contributed by atoms with E-state index in [9.17, 15) is 8.42 Å². The molecule has 0 saturated heterocycles. The Hall–Kier alpha value is -0.0900. The highest BCUT2D eigenvalue weighted by Crippen LogP contribution is 2.33. The molecule has 0 aliphatic heterocycles. The lowest BCUT2D eigenvalue weighted by Crippen LogP contribution is -2.32. The van der Waals surface area contributed by atoms with Crippen LogP contribution in [-0.4, -0.2) is 33.5 Å². The molecule has 0 aromatic heterocycles. The highest BCUT2D eigenvalue weighted by Gasteiger charge is 2.27. The molecule has 3 unspecified atom stereocenters. The first kappa shape index (κ1) is 14.0. The van der Waals surface area contributed by atoms with E-state index in [1.54, 1.807) is 0 Å². The lowest BCUT2D eigenvalue weighted by atomic mass is 9.93. The van der Waals surface area contributed by atoms with Gasteiger partial charge in [0.25, 0.3) is 0 Å². The molecule has 1 N–H and O–H groups in total. The van der Waals surface area contributed by atoms with Crippen LogP contribution in [0.25, 0.3) is 0 Å². The van der Waals surface area contributed by atoms with Crippen LogP contribution in [0.1, 0.15) is 39.0 Å². The zero-order chi connectivity index (χ0) is 12.2. The quantitative estimate of drug-likeness (QED) is 0.779. The zero-order valence-electron chi connectivity index (χ0n) is 10.7. The molecule has 0 heterocycles. The first-order chi connectivity index (χ1) is 7.42. The van der Waals surface area contributed by atoms with Crippen molar-refractivity contribution in [2.45, 2.75) is 45.1 Å². The largest absolute Gasteiger partial charge is 0.317 e. The summed E-state index contributed by atoms with van der Waals surface area (Å²) >= 11 is 0. The fraction of sp³-hybridized carbons (Fsp3) is 1.00. The van der Waals surface area contributed by atoms with Crippen LogP contribution in [0.3, 0.4) is 0 Å². The molecule has 1 aliphatic carbocycles. The minimum atomic E-state index is -2.79. The van der Waals surface area contributed by atoms with Crippen molar-refractivity contribution in [2.75, 3.05) is 19.1 Å². The molecule has 3 atom stereocenters. The number of nitrogens with one attached hydrogen (secondary N) is 1. The van der Waals surface area contributed by atoms with Gasteiger partial charge in [-0.1, -0.05) is 13.3 Å². The van der Waals surface area contributed by atoms with E-state index in [0.29, 0.717) is 11.8 Å². The average Bonchev–Trinajstić information content (AvgIpc) is 2.58. The standard InChI is InChI=1S/C12H25NO2S/c1-10-6-7-11(9-10)12(13-2)5-4-8-16(3,14)15/h10-13H,4-9H2,1-3H3. The summed E-state index contributed by atoms with van der Waals surface area (Å²) in [6.07, 6.45) is 7.01. The predicted molar refractivity (Wildman–Crippen MR) is 68.3 cm³/mol. The third-order valence-electron chi connectivity index (χ3n) is 3.71. The molecule has 1 saturated carbocycles. The summed E-state index contributed by atoms with van der Waals surface area (Å²) in [5.74, 6) is 1.92. The molecule has 0 spiro atoms. The van der Waals surface area contributed by atoms with Crippen molar-refractivity contribution in [1.82, 2.24) is 5.32 Å². The lowest BCUT2D eigenvalue weighted by molar-refractivity contribution is 0.349. The Morgan fingerprint density at radius 3 is 2.50 bits per heavy atom. The Morgan fingerprint density at radius 2 is 2.06 bits per heavy atom. The van der Waals surface area contributed by atoms with Crippen LogP contribution in [-0.2, 0) is 9.84 Å². The van der Waals surface area contributed by atoms with Crippen LogP contribution < -0.4 is 5.32 Å². The topological polar surface area (TPSA) is 46.2 Å². The Balaban J connectivity index is 2.32. The van der Waals surface area contributed by atoms with Crippen molar-refractivity contribution in [3.8, 4) is 0 Å². The maximum Gasteiger partial charge on any atom is 0.147 e. The van der Waals surface area contributed by atoms with E-state index in [4.69, 9.17) is 0 Å². The van der Waals surface area contributed by atoms with Crippen LogP contribution in [0.15, 0.2) is 0 Å². The van der Waals surface area contributed by atoms with Gasteiger partial charge in [0.1, 0.15) is 9.84 Å². The van der Waals surface area contributed by atoms with Crippen molar-refractivity contribution < 1.29 is 8.42 Å². The molecule has 0 aromatic carbocycles. The first-order valence-electron chi connectivity index (χ1n) is 6.27. The summed E-state index contributed by atoms with van der Waals surface area (Å²) in [4.78, 5) is 0. The SMILES string of the molecule is CNC(CCCS(C)(=O)=O)C1CCC(C)C1. The number of sulfone groups is 1. The van der Waals surface area contributed by atoms with Crippen LogP contribution in [0.5, 0.6) is 0 Å². The van der Waals surface area contributed by atoms with Gasteiger partial charge < -0.3 is 5.32 Å². The second-order valence-corrected chi connectivity index (χ2v) is 7.61. The van der Waals surface area contributed by atoms with Gasteiger partial charge in [-0.15, -0.1) is 0 Å². The van der Waals surface area contributed by atoms with Crippen LogP contribution >= 0.6 is 0 Å². The average molecular weight is 247 g/mol. The van der Waals surface area contributed by atoms with Gasteiger partial charge in [0, 0.05) is 18.1 Å². The maximum atomic E-state index is 11.1. The van der Waals surface area contributed by atoms with Crippen molar-refractivity contribution in [3.05, 3.63) is 0 Å². The first-order valence-corrected chi connectivity index (χ1v) is 8.33. The van der Waals surface area contributed by atoms with Gasteiger partial charge in [0.05, 0.1) is 0 Å². The summed E-state index contributed by atoms with van der Waals surface area (Å²) in [7, 11) is -0.796. The van der Waals surface area contributed by atoms with E-state index in [0.717, 1.165) is 24.7 Å². The van der Waals surface area contributed by atoms with Gasteiger partial charge in [-0.25, -0.2) is 8.42 Å². The number of rotatable bonds is 6. The number of hydrogen-bond donors (Lipinski definition) is 1. The van der Waals surface area contributed by atoms with E-state index >= 15 is 0 Å². The van der Waals surface area contributed by atoms with Crippen LogP contribution in [0.4, 0.5) is 0 Å². The number of hydrogen-bond acceptors (Lipinski definition) is 3. The molecule has 1 rings (SSSR count). The van der Waals surface area contributed by atoms with E-state index in [1.807, 2.05) is 7.05 Å². The molecule has 3 nitrogen and oxygen atoms in total. The molecule has 0 aromatic rings. The third-order valence-corrected chi connectivity index (χ3v) is 4.74. The molecule has 96 valence electrons. The van der Waals surface area contributed by atoms with Gasteiger partial charge in [-0.2, -0.15) is 0 Å². The van der Waals surface area contributed by atoms with Crippen molar-refractivity contribution >= 4 is 9.84 Å². The highest BCUT2D eigenvalue weighted by atomic mass is 32.2. The van der Waals surface area contributed by atoms with Crippen LogP contribution in [0.2, 0.25) is 0 Å². The molecule has 0 amide bonds. The van der Waals surface area contributed by atoms with E-state index in [1.165, 1.54) is 25.5 Å². The molecule has 1 fully saturated rings. The highest BCUT2D eigenvalue weighted by molar-refractivity contribution is 7.90. The summed E-state index contributed by atoms with van der Waals surface area (Å²) in [6, 6.07) is 0.506. The maximum absolute atomic E-state index is 11.1. The van der Waals surface area contributed by atoms with E-state index in [-0.39, 0.29) is 0 Å². The van der Waals surface area contributed by atoms with Crippen molar-refractivity contribution in [2.24, 2.45) is 11.8 Å². The van der Waals surface area contributed by atoms with E-state index < -0.39 is 9.84 Å². The molecule has 1 aliphatic rings. The fourth-order valence-electron chi connectivity index (χ4n) is 2.80. The van der Waals surface area contributed by atoms with Crippen LogP contribution in [0, 0.1) is 11.8 Å².